The molecule has 166 valence electrons. The number of nitrogens with one attached hydrogen (secondary N) is 2. The molecule has 0 atom stereocenters. The molecule has 4 rings (SSSR count). The van der Waals surface area contributed by atoms with E-state index in [0.29, 0.717) is 31.1 Å². The summed E-state index contributed by atoms with van der Waals surface area (Å²) in [6.07, 6.45) is 0. The van der Waals surface area contributed by atoms with Crippen LogP contribution >= 0.6 is 22.7 Å². The van der Waals surface area contributed by atoms with Crippen molar-refractivity contribution < 1.29 is 18.8 Å². The van der Waals surface area contributed by atoms with Crippen LogP contribution in [0.5, 0.6) is 0 Å². The van der Waals surface area contributed by atoms with E-state index in [9.17, 15) is 18.8 Å². The Morgan fingerprint density at radius 3 is 2.33 bits per heavy atom. The number of nitrogens with zero attached hydrogens (tertiary/aromatic N) is 1. The summed E-state index contributed by atoms with van der Waals surface area (Å²) in [4.78, 5) is 42.7. The second kappa shape index (κ2) is 9.43. The summed E-state index contributed by atoms with van der Waals surface area (Å²) in [5.41, 5.74) is 2.15. The Labute approximate surface area is 197 Å². The second-order valence-corrected chi connectivity index (χ2v) is 9.21. The van der Waals surface area contributed by atoms with Crippen LogP contribution in [0.1, 0.15) is 42.2 Å². The van der Waals surface area contributed by atoms with Gasteiger partial charge < -0.3 is 5.32 Å². The van der Waals surface area contributed by atoms with E-state index >= 15 is 0 Å². The normalized spacial score (nSPS) is 10.6. The standard InChI is InChI=1S/C24H18FN3O3S2/c1-13-11-18(26-22(30)16-9-6-10-17(25)12-16)32-20(13)23(31)28-24-27-19(21(33-24)14(2)29)15-7-4-3-5-8-15/h3-12H,1-2H3,(H,26,30)(H,27,28,31). The number of halogens is 1. The van der Waals surface area contributed by atoms with Gasteiger partial charge in [-0.2, -0.15) is 0 Å². The van der Waals surface area contributed by atoms with Crippen molar-refractivity contribution in [1.82, 2.24) is 4.98 Å². The summed E-state index contributed by atoms with van der Waals surface area (Å²) in [6, 6.07) is 16.3. The van der Waals surface area contributed by atoms with Crippen LogP contribution in [0, 0.1) is 12.7 Å². The number of aromatic nitrogens is 1. The lowest BCUT2D eigenvalue weighted by Crippen LogP contribution is -2.11. The van der Waals surface area contributed by atoms with Gasteiger partial charge in [0.2, 0.25) is 0 Å². The van der Waals surface area contributed by atoms with Gasteiger partial charge in [-0.1, -0.05) is 47.7 Å². The van der Waals surface area contributed by atoms with Crippen LogP contribution in [0.3, 0.4) is 0 Å². The summed E-state index contributed by atoms with van der Waals surface area (Å²) in [6.45, 7) is 3.21. The fraction of sp³-hybridized carbons (Fsp3) is 0.0833. The van der Waals surface area contributed by atoms with E-state index < -0.39 is 17.6 Å². The molecule has 2 aromatic heterocycles. The van der Waals surface area contributed by atoms with Gasteiger partial charge >= 0.3 is 0 Å². The first-order valence-corrected chi connectivity index (χ1v) is 11.5. The zero-order valence-electron chi connectivity index (χ0n) is 17.6. The second-order valence-electron chi connectivity index (χ2n) is 7.16. The lowest BCUT2D eigenvalue weighted by molar-refractivity contribution is 0.101. The van der Waals surface area contributed by atoms with Crippen LogP contribution in [0.4, 0.5) is 14.5 Å². The van der Waals surface area contributed by atoms with Crippen LogP contribution in [-0.2, 0) is 0 Å². The Hall–Kier alpha value is -3.69. The number of carbonyl (C=O) groups excluding carboxylic acids is 3. The number of anilines is 2. The Balaban J connectivity index is 1.53. The van der Waals surface area contributed by atoms with E-state index in [2.05, 4.69) is 15.6 Å². The fourth-order valence-electron chi connectivity index (χ4n) is 3.14. The van der Waals surface area contributed by atoms with Gasteiger partial charge in [-0.05, 0) is 36.8 Å². The molecular formula is C24H18FN3O3S2. The number of rotatable bonds is 6. The van der Waals surface area contributed by atoms with Crippen molar-refractivity contribution in [2.75, 3.05) is 10.6 Å². The average Bonchev–Trinajstić information content (AvgIpc) is 3.38. The molecule has 0 aliphatic carbocycles. The van der Waals surface area contributed by atoms with Crippen LogP contribution in [-0.4, -0.2) is 22.6 Å². The van der Waals surface area contributed by atoms with Crippen molar-refractivity contribution >= 4 is 50.4 Å². The molecule has 0 bridgehead atoms. The van der Waals surface area contributed by atoms with Gasteiger partial charge in [0.25, 0.3) is 11.8 Å². The summed E-state index contributed by atoms with van der Waals surface area (Å²) < 4.78 is 13.4. The SMILES string of the molecule is CC(=O)c1sc(NC(=O)c2sc(NC(=O)c3cccc(F)c3)cc2C)nc1-c1ccccc1. The van der Waals surface area contributed by atoms with Crippen LogP contribution in [0.2, 0.25) is 0 Å². The molecule has 9 heteroatoms. The monoisotopic (exact) mass is 479 g/mol. The molecule has 2 amide bonds. The molecule has 0 aliphatic rings. The summed E-state index contributed by atoms with van der Waals surface area (Å²) >= 11 is 2.21. The minimum atomic E-state index is -0.506. The van der Waals surface area contributed by atoms with Crippen molar-refractivity contribution in [1.29, 1.82) is 0 Å². The molecule has 4 aromatic rings. The van der Waals surface area contributed by atoms with Crippen molar-refractivity contribution in [2.24, 2.45) is 0 Å². The maximum atomic E-state index is 13.4. The van der Waals surface area contributed by atoms with Gasteiger partial charge in [0, 0.05) is 18.1 Å². The van der Waals surface area contributed by atoms with E-state index in [0.717, 1.165) is 34.3 Å². The number of benzene rings is 2. The number of carbonyl (C=O) groups is 3. The molecule has 2 heterocycles. The van der Waals surface area contributed by atoms with Crippen LogP contribution in [0.15, 0.2) is 60.7 Å². The molecule has 6 nitrogen and oxygen atoms in total. The van der Waals surface area contributed by atoms with Gasteiger partial charge in [0.15, 0.2) is 10.9 Å². The molecule has 0 fully saturated rings. The Morgan fingerprint density at radius 1 is 0.879 bits per heavy atom. The summed E-state index contributed by atoms with van der Waals surface area (Å²) in [5.74, 6) is -1.51. The highest BCUT2D eigenvalue weighted by molar-refractivity contribution is 7.19. The van der Waals surface area contributed by atoms with E-state index in [-0.39, 0.29) is 11.3 Å². The predicted molar refractivity (Wildman–Crippen MR) is 129 cm³/mol. The quantitative estimate of drug-likeness (QED) is 0.331. The smallest absolute Gasteiger partial charge is 0.267 e. The molecule has 2 aromatic carbocycles. The van der Waals surface area contributed by atoms with Gasteiger partial charge in [0.1, 0.15) is 5.82 Å². The van der Waals surface area contributed by atoms with E-state index in [1.54, 1.807) is 13.0 Å². The highest BCUT2D eigenvalue weighted by atomic mass is 32.1. The Bertz CT molecular complexity index is 1360. The predicted octanol–water partition coefficient (Wildman–Crippen LogP) is 6.03. The number of thiophene rings is 1. The van der Waals surface area contributed by atoms with Gasteiger partial charge in [0.05, 0.1) is 20.4 Å². The number of aryl methyl sites for hydroxylation is 1. The lowest BCUT2D eigenvalue weighted by Gasteiger charge is -2.02. The first-order chi connectivity index (χ1) is 15.8. The molecule has 0 saturated carbocycles. The maximum absolute atomic E-state index is 13.4. The lowest BCUT2D eigenvalue weighted by atomic mass is 10.1. The van der Waals surface area contributed by atoms with E-state index in [1.165, 1.54) is 25.1 Å². The molecule has 33 heavy (non-hydrogen) atoms. The third-order valence-electron chi connectivity index (χ3n) is 4.66. The molecule has 0 radical (unpaired) electrons. The molecule has 0 aliphatic heterocycles. The number of thiazole rings is 1. The number of hydrogen-bond acceptors (Lipinski definition) is 6. The fourth-order valence-corrected chi connectivity index (χ4v) is 4.98. The zero-order valence-corrected chi connectivity index (χ0v) is 19.3. The number of amides is 2. The van der Waals surface area contributed by atoms with Crippen LogP contribution < -0.4 is 10.6 Å². The minimum absolute atomic E-state index is 0.137. The Kier molecular flexibility index (Phi) is 6.43. The molecule has 0 spiro atoms. The average molecular weight is 480 g/mol. The highest BCUT2D eigenvalue weighted by Crippen LogP contribution is 2.33. The van der Waals surface area contributed by atoms with Gasteiger partial charge in [-0.3, -0.25) is 19.7 Å². The Morgan fingerprint density at radius 2 is 1.64 bits per heavy atom. The summed E-state index contributed by atoms with van der Waals surface area (Å²) in [7, 11) is 0. The molecule has 2 N–H and O–H groups in total. The third kappa shape index (κ3) is 5.05. The maximum Gasteiger partial charge on any atom is 0.267 e. The third-order valence-corrected chi connectivity index (χ3v) is 6.89. The van der Waals surface area contributed by atoms with Gasteiger partial charge in [-0.25, -0.2) is 9.37 Å². The van der Waals surface area contributed by atoms with E-state index in [4.69, 9.17) is 0 Å². The number of ketones is 1. The van der Waals surface area contributed by atoms with Crippen molar-refractivity contribution in [3.63, 3.8) is 0 Å². The van der Waals surface area contributed by atoms with Gasteiger partial charge in [-0.15, -0.1) is 11.3 Å². The highest BCUT2D eigenvalue weighted by Gasteiger charge is 2.21. The van der Waals surface area contributed by atoms with Crippen molar-refractivity contribution in [2.45, 2.75) is 13.8 Å². The topological polar surface area (TPSA) is 88.2 Å². The van der Waals surface area contributed by atoms with Crippen molar-refractivity contribution in [3.8, 4) is 11.3 Å². The summed E-state index contributed by atoms with van der Waals surface area (Å²) in [5, 5.41) is 6.21. The first kappa shape index (κ1) is 22.5. The minimum Gasteiger partial charge on any atom is -0.314 e. The molecule has 0 unspecified atom stereocenters. The molecular weight excluding hydrogens is 461 g/mol. The zero-order chi connectivity index (χ0) is 23.5. The first-order valence-electron chi connectivity index (χ1n) is 9.87. The number of Topliss-reactive ketones (excluding diaryl/α,β-unsaturated/α-hetero) is 1. The van der Waals surface area contributed by atoms with Crippen LogP contribution in [0.25, 0.3) is 11.3 Å². The van der Waals surface area contributed by atoms with Crippen molar-refractivity contribution in [3.05, 3.63) is 87.4 Å². The number of hydrogen-bond donors (Lipinski definition) is 2. The van der Waals surface area contributed by atoms with E-state index in [1.807, 2.05) is 30.3 Å². The molecule has 0 saturated heterocycles. The largest absolute Gasteiger partial charge is 0.314 e.